The van der Waals surface area contributed by atoms with Crippen molar-refractivity contribution < 1.29 is 10.2 Å². The first-order valence-corrected chi connectivity index (χ1v) is 5.79. The van der Waals surface area contributed by atoms with Crippen LogP contribution in [0.4, 0.5) is 0 Å². The van der Waals surface area contributed by atoms with E-state index in [0.29, 0.717) is 21.3 Å². The normalized spacial score (nSPS) is 11.4. The van der Waals surface area contributed by atoms with E-state index < -0.39 is 0 Å². The Morgan fingerprint density at radius 1 is 0.929 bits per heavy atom. The number of nitrogens with zero attached hydrogens (tertiary/aromatic N) is 2. The van der Waals surface area contributed by atoms with Gasteiger partial charge in [-0.3, -0.25) is 0 Å². The lowest BCUT2D eigenvalue weighted by Crippen LogP contribution is -1.91. The van der Waals surface area contributed by atoms with Crippen LogP contribution < -0.4 is 0 Å². The highest BCUT2D eigenvalue weighted by Gasteiger charge is 2.06. The van der Waals surface area contributed by atoms with Gasteiger partial charge in [0, 0.05) is 11.5 Å². The second-order valence-corrected chi connectivity index (χ2v) is 4.24. The largest absolute Gasteiger partial charge is 0.396 e. The molecule has 0 aliphatic rings. The van der Waals surface area contributed by atoms with Crippen LogP contribution >= 0.6 is 23.5 Å². The van der Waals surface area contributed by atoms with Crippen molar-refractivity contribution in [2.24, 2.45) is 0 Å². The standard InChI is InChI=1S/C8H10N2O2S2/c9-5-7(13-3-1-11)8(6-10)14-4-2-12/h11-12H,1-4H2/b8-7-. The molecule has 0 aromatic heterocycles. The van der Waals surface area contributed by atoms with E-state index in [-0.39, 0.29) is 13.2 Å². The van der Waals surface area contributed by atoms with Crippen molar-refractivity contribution in [3.8, 4) is 12.1 Å². The van der Waals surface area contributed by atoms with E-state index in [4.69, 9.17) is 20.7 Å². The number of aliphatic hydroxyl groups excluding tert-OH is 2. The third-order valence-electron chi connectivity index (χ3n) is 1.08. The summed E-state index contributed by atoms with van der Waals surface area (Å²) in [6, 6.07) is 3.81. The summed E-state index contributed by atoms with van der Waals surface area (Å²) in [4.78, 5) is 0.611. The van der Waals surface area contributed by atoms with Crippen LogP contribution in [0, 0.1) is 22.7 Å². The minimum atomic E-state index is -0.0285. The molecule has 2 N–H and O–H groups in total. The monoisotopic (exact) mass is 230 g/mol. The third-order valence-corrected chi connectivity index (χ3v) is 3.16. The first kappa shape index (κ1) is 13.3. The van der Waals surface area contributed by atoms with Gasteiger partial charge in [-0.2, -0.15) is 10.5 Å². The molecule has 0 rings (SSSR count). The van der Waals surface area contributed by atoms with Crippen LogP contribution in [0.3, 0.4) is 0 Å². The van der Waals surface area contributed by atoms with Gasteiger partial charge in [-0.05, 0) is 0 Å². The van der Waals surface area contributed by atoms with Crippen molar-refractivity contribution in [2.75, 3.05) is 24.7 Å². The molecule has 0 spiro atoms. The SMILES string of the molecule is N#C/C(SCCO)=C(\C#N)SCCO. The summed E-state index contributed by atoms with van der Waals surface area (Å²) in [6.07, 6.45) is 0. The molecule has 0 unspecified atom stereocenters. The predicted molar refractivity (Wildman–Crippen MR) is 57.3 cm³/mol. The van der Waals surface area contributed by atoms with Gasteiger partial charge in [0.1, 0.15) is 21.9 Å². The van der Waals surface area contributed by atoms with E-state index in [0.717, 1.165) is 23.5 Å². The van der Waals surface area contributed by atoms with E-state index in [9.17, 15) is 0 Å². The maximum atomic E-state index is 8.72. The van der Waals surface area contributed by atoms with Gasteiger partial charge in [0.05, 0.1) is 13.2 Å². The molecule has 14 heavy (non-hydrogen) atoms. The second-order valence-electron chi connectivity index (χ2n) is 2.03. The van der Waals surface area contributed by atoms with Crippen molar-refractivity contribution in [2.45, 2.75) is 0 Å². The predicted octanol–water partition coefficient (Wildman–Crippen LogP) is 0.696. The third kappa shape index (κ3) is 5.15. The molecule has 0 radical (unpaired) electrons. The molecule has 0 amide bonds. The molecular weight excluding hydrogens is 220 g/mol. The number of hydrogen-bond acceptors (Lipinski definition) is 6. The van der Waals surface area contributed by atoms with Crippen molar-refractivity contribution in [1.82, 2.24) is 0 Å². The Morgan fingerprint density at radius 2 is 1.29 bits per heavy atom. The Labute approximate surface area is 91.2 Å². The van der Waals surface area contributed by atoms with Crippen molar-refractivity contribution in [1.29, 1.82) is 10.5 Å². The van der Waals surface area contributed by atoms with E-state index in [2.05, 4.69) is 0 Å². The summed E-state index contributed by atoms with van der Waals surface area (Å²) < 4.78 is 0. The smallest absolute Gasteiger partial charge is 0.109 e. The average molecular weight is 230 g/mol. The van der Waals surface area contributed by atoms with Gasteiger partial charge < -0.3 is 10.2 Å². The van der Waals surface area contributed by atoms with Gasteiger partial charge in [0.15, 0.2) is 0 Å². The molecule has 4 nitrogen and oxygen atoms in total. The maximum absolute atomic E-state index is 8.72. The minimum Gasteiger partial charge on any atom is -0.396 e. The van der Waals surface area contributed by atoms with E-state index in [1.165, 1.54) is 0 Å². The van der Waals surface area contributed by atoms with Gasteiger partial charge in [0.25, 0.3) is 0 Å². The Kier molecular flexibility index (Phi) is 8.50. The van der Waals surface area contributed by atoms with Gasteiger partial charge in [-0.15, -0.1) is 23.5 Å². The molecule has 0 bridgehead atoms. The summed E-state index contributed by atoms with van der Waals surface area (Å²) in [6.45, 7) is -0.0571. The number of aliphatic hydroxyl groups is 2. The molecule has 0 aromatic rings. The quantitative estimate of drug-likeness (QED) is 0.653. The molecule has 6 heteroatoms. The summed E-state index contributed by atoms with van der Waals surface area (Å²) in [5.41, 5.74) is 0. The number of allylic oxidation sites excluding steroid dienone is 2. The molecule has 0 saturated carbocycles. The zero-order valence-electron chi connectivity index (χ0n) is 7.43. The van der Waals surface area contributed by atoms with E-state index >= 15 is 0 Å². The van der Waals surface area contributed by atoms with Gasteiger partial charge in [-0.1, -0.05) is 0 Å². The Morgan fingerprint density at radius 3 is 1.50 bits per heavy atom. The van der Waals surface area contributed by atoms with Crippen LogP contribution in [0.1, 0.15) is 0 Å². The number of rotatable bonds is 6. The summed E-state index contributed by atoms with van der Waals surface area (Å²) in [7, 11) is 0. The first-order chi connectivity index (χ1) is 6.79. The highest BCUT2D eigenvalue weighted by Crippen LogP contribution is 2.26. The van der Waals surface area contributed by atoms with Gasteiger partial charge in [0.2, 0.25) is 0 Å². The summed E-state index contributed by atoms with van der Waals surface area (Å²) in [5, 5.41) is 34.5. The fraction of sp³-hybridized carbons (Fsp3) is 0.500. The van der Waals surface area contributed by atoms with Crippen LogP contribution in [0.15, 0.2) is 9.81 Å². The van der Waals surface area contributed by atoms with Crippen LogP contribution in [-0.2, 0) is 0 Å². The zero-order chi connectivity index (χ0) is 10.8. The summed E-state index contributed by atoms with van der Waals surface area (Å²) in [5.74, 6) is 0.793. The lowest BCUT2D eigenvalue weighted by atomic mass is 10.5. The van der Waals surface area contributed by atoms with E-state index in [1.807, 2.05) is 12.1 Å². The highest BCUT2D eigenvalue weighted by molar-refractivity contribution is 8.07. The van der Waals surface area contributed by atoms with Crippen LogP contribution in [0.25, 0.3) is 0 Å². The minimum absolute atomic E-state index is 0.0285. The maximum Gasteiger partial charge on any atom is 0.109 e. The Bertz CT molecular complexity index is 250. The van der Waals surface area contributed by atoms with Crippen LogP contribution in [0.5, 0.6) is 0 Å². The van der Waals surface area contributed by atoms with E-state index in [1.54, 1.807) is 0 Å². The number of hydrogen-bond donors (Lipinski definition) is 2. The van der Waals surface area contributed by atoms with Gasteiger partial charge >= 0.3 is 0 Å². The molecule has 0 aromatic carbocycles. The fourth-order valence-corrected chi connectivity index (χ4v) is 2.02. The van der Waals surface area contributed by atoms with Crippen molar-refractivity contribution in [3.63, 3.8) is 0 Å². The Hall–Kier alpha value is -0.660. The Balaban J connectivity index is 4.43. The number of nitriles is 2. The van der Waals surface area contributed by atoms with Crippen molar-refractivity contribution in [3.05, 3.63) is 9.81 Å². The molecule has 0 heterocycles. The molecule has 0 saturated heterocycles. The number of thioether (sulfide) groups is 2. The zero-order valence-corrected chi connectivity index (χ0v) is 9.07. The topological polar surface area (TPSA) is 88.0 Å². The molecule has 0 aliphatic heterocycles. The second kappa shape index (κ2) is 8.92. The molecule has 76 valence electrons. The molecular formula is C8H10N2O2S2. The summed E-state index contributed by atoms with van der Waals surface area (Å²) >= 11 is 2.30. The highest BCUT2D eigenvalue weighted by atomic mass is 32.2. The lowest BCUT2D eigenvalue weighted by molar-refractivity contribution is 0.322. The molecule has 0 atom stereocenters. The van der Waals surface area contributed by atoms with Crippen LogP contribution in [0.2, 0.25) is 0 Å². The van der Waals surface area contributed by atoms with Crippen LogP contribution in [-0.4, -0.2) is 34.9 Å². The molecule has 0 aliphatic carbocycles. The average Bonchev–Trinajstić information content (AvgIpc) is 2.23. The lowest BCUT2D eigenvalue weighted by Gasteiger charge is -2.00. The molecule has 0 fully saturated rings. The first-order valence-electron chi connectivity index (χ1n) is 3.82. The fourth-order valence-electron chi connectivity index (χ4n) is 0.593. The van der Waals surface area contributed by atoms with Crippen molar-refractivity contribution >= 4 is 23.5 Å². The van der Waals surface area contributed by atoms with Gasteiger partial charge in [-0.25, -0.2) is 0 Å².